The number of rotatable bonds is 3. The van der Waals surface area contributed by atoms with Gasteiger partial charge in [-0.2, -0.15) is 0 Å². The lowest BCUT2D eigenvalue weighted by Gasteiger charge is -2.12. The first-order valence-corrected chi connectivity index (χ1v) is 4.64. The number of aromatic nitrogens is 1. The molecular weight excluding hydrogens is 207 g/mol. The molecule has 14 heavy (non-hydrogen) atoms. The number of pyridine rings is 1. The molecule has 1 aromatic rings. The largest absolute Gasteiger partial charge is 0.347 e. The number of carbonyl (C=O) groups excluding carboxylic acids is 1. The number of amides is 1. The van der Waals surface area contributed by atoms with Gasteiger partial charge in [0.2, 0.25) is 5.91 Å². The standard InChI is InChI=1S/C9H10ClFN2O/c1-6(13-8(14)5-10)9-7(11)3-2-4-12-9/h2-4,6H,5H2,1H3,(H,13,14)/t6-/m1/s1. The third-order valence-electron chi connectivity index (χ3n) is 1.70. The van der Waals surface area contributed by atoms with E-state index in [1.165, 1.54) is 18.3 Å². The number of alkyl halides is 1. The first-order valence-electron chi connectivity index (χ1n) is 4.11. The Hall–Kier alpha value is -1.16. The SMILES string of the molecule is C[C@@H](NC(=O)CCl)c1ncccc1F. The molecular formula is C9H10ClFN2O. The van der Waals surface area contributed by atoms with Gasteiger partial charge in [0.05, 0.1) is 11.7 Å². The van der Waals surface area contributed by atoms with Crippen LogP contribution in [0.3, 0.4) is 0 Å². The molecule has 0 aliphatic carbocycles. The summed E-state index contributed by atoms with van der Waals surface area (Å²) in [5.41, 5.74) is 0.214. The Morgan fingerprint density at radius 3 is 3.07 bits per heavy atom. The predicted octanol–water partition coefficient (Wildman–Crippen LogP) is 1.64. The highest BCUT2D eigenvalue weighted by atomic mass is 35.5. The summed E-state index contributed by atoms with van der Waals surface area (Å²) in [6.45, 7) is 1.65. The summed E-state index contributed by atoms with van der Waals surface area (Å²) in [6, 6.07) is 2.32. The van der Waals surface area contributed by atoms with Crippen LogP contribution >= 0.6 is 11.6 Å². The molecule has 1 atom stereocenters. The van der Waals surface area contributed by atoms with E-state index in [2.05, 4.69) is 10.3 Å². The molecule has 0 saturated carbocycles. The van der Waals surface area contributed by atoms with Crippen LogP contribution in [0, 0.1) is 5.82 Å². The maximum absolute atomic E-state index is 13.1. The van der Waals surface area contributed by atoms with E-state index in [1.54, 1.807) is 6.92 Å². The summed E-state index contributed by atoms with van der Waals surface area (Å²) in [4.78, 5) is 14.7. The number of nitrogens with one attached hydrogen (secondary N) is 1. The lowest BCUT2D eigenvalue weighted by atomic mass is 10.2. The Kier molecular flexibility index (Phi) is 3.83. The molecule has 0 aliphatic rings. The van der Waals surface area contributed by atoms with Gasteiger partial charge in [0.15, 0.2) is 0 Å². The van der Waals surface area contributed by atoms with Gasteiger partial charge in [-0.15, -0.1) is 11.6 Å². The highest BCUT2D eigenvalue weighted by Crippen LogP contribution is 2.12. The normalized spacial score (nSPS) is 12.2. The zero-order valence-electron chi connectivity index (χ0n) is 7.63. The summed E-state index contributed by atoms with van der Waals surface area (Å²) in [5.74, 6) is -0.919. The van der Waals surface area contributed by atoms with Crippen LogP contribution in [0.4, 0.5) is 4.39 Å². The molecule has 0 unspecified atom stereocenters. The summed E-state index contributed by atoms with van der Waals surface area (Å²) in [7, 11) is 0. The molecule has 1 rings (SSSR count). The fraction of sp³-hybridized carbons (Fsp3) is 0.333. The molecule has 0 aliphatic heterocycles. The van der Waals surface area contributed by atoms with Crippen LogP contribution in [0.2, 0.25) is 0 Å². The van der Waals surface area contributed by atoms with E-state index in [0.29, 0.717) is 0 Å². The predicted molar refractivity (Wildman–Crippen MR) is 51.5 cm³/mol. The summed E-state index contributed by atoms with van der Waals surface area (Å²) >= 11 is 5.30. The van der Waals surface area contributed by atoms with E-state index >= 15 is 0 Å². The second-order valence-corrected chi connectivity index (χ2v) is 3.06. The monoisotopic (exact) mass is 216 g/mol. The van der Waals surface area contributed by atoms with Crippen molar-refractivity contribution in [1.29, 1.82) is 0 Å². The van der Waals surface area contributed by atoms with Crippen molar-refractivity contribution in [2.24, 2.45) is 0 Å². The molecule has 0 radical (unpaired) electrons. The minimum absolute atomic E-state index is 0.140. The van der Waals surface area contributed by atoms with Gasteiger partial charge in [0.25, 0.3) is 0 Å². The molecule has 3 nitrogen and oxygen atoms in total. The van der Waals surface area contributed by atoms with Crippen LogP contribution in [-0.4, -0.2) is 16.8 Å². The molecule has 0 fully saturated rings. The van der Waals surface area contributed by atoms with Gasteiger partial charge in [0, 0.05) is 6.20 Å². The van der Waals surface area contributed by atoms with E-state index in [9.17, 15) is 9.18 Å². The van der Waals surface area contributed by atoms with Crippen molar-refractivity contribution >= 4 is 17.5 Å². The van der Waals surface area contributed by atoms with Crippen LogP contribution < -0.4 is 5.32 Å². The Labute approximate surface area is 86.3 Å². The quantitative estimate of drug-likeness (QED) is 0.781. The van der Waals surface area contributed by atoms with Crippen LogP contribution in [0.25, 0.3) is 0 Å². The third-order valence-corrected chi connectivity index (χ3v) is 1.94. The molecule has 1 amide bonds. The second-order valence-electron chi connectivity index (χ2n) is 2.79. The fourth-order valence-electron chi connectivity index (χ4n) is 1.06. The van der Waals surface area contributed by atoms with E-state index in [-0.39, 0.29) is 17.5 Å². The highest BCUT2D eigenvalue weighted by Gasteiger charge is 2.13. The number of hydrogen-bond donors (Lipinski definition) is 1. The van der Waals surface area contributed by atoms with Gasteiger partial charge in [-0.25, -0.2) is 4.39 Å². The van der Waals surface area contributed by atoms with Crippen molar-refractivity contribution in [1.82, 2.24) is 10.3 Å². The zero-order valence-corrected chi connectivity index (χ0v) is 8.38. The zero-order chi connectivity index (χ0) is 10.6. The first kappa shape index (κ1) is 10.9. The Morgan fingerprint density at radius 1 is 1.79 bits per heavy atom. The van der Waals surface area contributed by atoms with Crippen molar-refractivity contribution in [3.63, 3.8) is 0 Å². The highest BCUT2D eigenvalue weighted by molar-refractivity contribution is 6.27. The number of hydrogen-bond acceptors (Lipinski definition) is 2. The topological polar surface area (TPSA) is 42.0 Å². The van der Waals surface area contributed by atoms with E-state index in [4.69, 9.17) is 11.6 Å². The number of carbonyl (C=O) groups is 1. The summed E-state index contributed by atoms with van der Waals surface area (Å²) in [6.07, 6.45) is 1.47. The molecule has 0 aromatic carbocycles. The van der Waals surface area contributed by atoms with Gasteiger partial charge < -0.3 is 5.32 Å². The van der Waals surface area contributed by atoms with Gasteiger partial charge in [-0.3, -0.25) is 9.78 Å². The van der Waals surface area contributed by atoms with E-state index < -0.39 is 11.9 Å². The molecule has 1 aromatic heterocycles. The molecule has 1 N–H and O–H groups in total. The average molecular weight is 217 g/mol. The molecule has 1 heterocycles. The Morgan fingerprint density at radius 2 is 2.50 bits per heavy atom. The van der Waals surface area contributed by atoms with Crippen molar-refractivity contribution in [3.05, 3.63) is 29.8 Å². The van der Waals surface area contributed by atoms with Crippen LogP contribution in [0.15, 0.2) is 18.3 Å². The summed E-state index contributed by atoms with van der Waals surface area (Å²) in [5, 5.41) is 2.51. The fourth-order valence-corrected chi connectivity index (χ4v) is 1.14. The van der Waals surface area contributed by atoms with Crippen molar-refractivity contribution < 1.29 is 9.18 Å². The molecule has 5 heteroatoms. The lowest BCUT2D eigenvalue weighted by Crippen LogP contribution is -2.28. The maximum atomic E-state index is 13.1. The van der Waals surface area contributed by atoms with Crippen molar-refractivity contribution in [3.8, 4) is 0 Å². The average Bonchev–Trinajstić information content (AvgIpc) is 2.18. The van der Waals surface area contributed by atoms with Gasteiger partial charge >= 0.3 is 0 Å². The Balaban J connectivity index is 2.74. The minimum atomic E-state index is -0.470. The minimum Gasteiger partial charge on any atom is -0.347 e. The van der Waals surface area contributed by atoms with Crippen LogP contribution in [0.5, 0.6) is 0 Å². The van der Waals surface area contributed by atoms with Gasteiger partial charge in [0.1, 0.15) is 11.7 Å². The van der Waals surface area contributed by atoms with E-state index in [1.807, 2.05) is 0 Å². The second kappa shape index (κ2) is 4.91. The van der Waals surface area contributed by atoms with Crippen LogP contribution in [-0.2, 0) is 4.79 Å². The van der Waals surface area contributed by atoms with Crippen molar-refractivity contribution in [2.75, 3.05) is 5.88 Å². The number of halogens is 2. The number of nitrogens with zero attached hydrogens (tertiary/aromatic N) is 1. The smallest absolute Gasteiger partial charge is 0.235 e. The van der Waals surface area contributed by atoms with E-state index in [0.717, 1.165) is 0 Å². The van der Waals surface area contributed by atoms with Gasteiger partial charge in [-0.05, 0) is 19.1 Å². The van der Waals surface area contributed by atoms with Gasteiger partial charge in [-0.1, -0.05) is 0 Å². The Bertz CT molecular complexity index is 332. The lowest BCUT2D eigenvalue weighted by molar-refractivity contribution is -0.119. The molecule has 0 saturated heterocycles. The summed E-state index contributed by atoms with van der Waals surface area (Å²) < 4.78 is 13.1. The van der Waals surface area contributed by atoms with Crippen LogP contribution in [0.1, 0.15) is 18.7 Å². The molecule has 0 bridgehead atoms. The molecule has 0 spiro atoms. The molecule has 76 valence electrons. The van der Waals surface area contributed by atoms with Crippen molar-refractivity contribution in [2.45, 2.75) is 13.0 Å². The third kappa shape index (κ3) is 2.67. The first-order chi connectivity index (χ1) is 6.65. The maximum Gasteiger partial charge on any atom is 0.235 e.